The summed E-state index contributed by atoms with van der Waals surface area (Å²) in [6, 6.07) is 19.6. The van der Waals surface area contributed by atoms with Gasteiger partial charge in [0.25, 0.3) is 5.91 Å². The lowest BCUT2D eigenvalue weighted by atomic mass is 10.1. The lowest BCUT2D eigenvalue weighted by molar-refractivity contribution is 0.102. The van der Waals surface area contributed by atoms with E-state index in [-0.39, 0.29) is 5.91 Å². The van der Waals surface area contributed by atoms with Gasteiger partial charge in [-0.3, -0.25) is 4.79 Å². The number of nitrogens with zero attached hydrogens (tertiary/aromatic N) is 2. The molecule has 0 saturated heterocycles. The van der Waals surface area contributed by atoms with Crippen molar-refractivity contribution < 1.29 is 4.79 Å². The fourth-order valence-corrected chi connectivity index (χ4v) is 2.61. The number of anilines is 1. The maximum Gasteiger partial charge on any atom is 0.274 e. The minimum Gasteiger partial charge on any atom is -0.321 e. The zero-order chi connectivity index (χ0) is 16.4. The summed E-state index contributed by atoms with van der Waals surface area (Å²) < 4.78 is 0. The van der Waals surface area contributed by atoms with Crippen LogP contribution in [-0.2, 0) is 0 Å². The molecule has 1 aliphatic rings. The predicted molar refractivity (Wildman–Crippen MR) is 93.8 cm³/mol. The van der Waals surface area contributed by atoms with Gasteiger partial charge in [-0.25, -0.2) is 9.97 Å². The second-order valence-electron chi connectivity index (χ2n) is 5.97. The molecule has 0 unspecified atom stereocenters. The topological polar surface area (TPSA) is 54.9 Å². The Morgan fingerprint density at radius 2 is 1.62 bits per heavy atom. The largest absolute Gasteiger partial charge is 0.321 e. The van der Waals surface area contributed by atoms with Crippen molar-refractivity contribution in [3.63, 3.8) is 0 Å². The maximum absolute atomic E-state index is 12.4. The van der Waals surface area contributed by atoms with Crippen LogP contribution in [0.3, 0.4) is 0 Å². The van der Waals surface area contributed by atoms with Gasteiger partial charge in [-0.1, -0.05) is 42.5 Å². The minimum atomic E-state index is -0.202. The minimum absolute atomic E-state index is 0.202. The molecule has 1 fully saturated rings. The normalized spacial score (nSPS) is 13.5. The van der Waals surface area contributed by atoms with Crippen molar-refractivity contribution in [3.8, 4) is 11.1 Å². The molecule has 0 bridgehead atoms. The van der Waals surface area contributed by atoms with Crippen LogP contribution in [0.4, 0.5) is 5.69 Å². The van der Waals surface area contributed by atoms with E-state index in [0.717, 1.165) is 35.5 Å². The molecule has 0 aliphatic heterocycles. The zero-order valence-electron chi connectivity index (χ0n) is 13.1. The highest BCUT2D eigenvalue weighted by atomic mass is 16.1. The average molecular weight is 315 g/mol. The van der Waals surface area contributed by atoms with E-state index < -0.39 is 0 Å². The number of rotatable bonds is 4. The summed E-state index contributed by atoms with van der Waals surface area (Å²) in [4.78, 5) is 21.0. The Morgan fingerprint density at radius 1 is 0.917 bits per heavy atom. The van der Waals surface area contributed by atoms with Crippen molar-refractivity contribution in [3.05, 3.63) is 78.4 Å². The number of aromatic nitrogens is 2. The van der Waals surface area contributed by atoms with Crippen LogP contribution in [0.2, 0.25) is 0 Å². The molecule has 0 radical (unpaired) electrons. The number of carbonyl (C=O) groups excluding carboxylic acids is 1. The molecule has 24 heavy (non-hydrogen) atoms. The molecule has 3 aromatic rings. The van der Waals surface area contributed by atoms with Gasteiger partial charge in [0.05, 0.1) is 0 Å². The van der Waals surface area contributed by atoms with E-state index >= 15 is 0 Å². The Hall–Kier alpha value is -3.01. The Kier molecular flexibility index (Phi) is 3.79. The molecule has 118 valence electrons. The van der Waals surface area contributed by atoms with Crippen LogP contribution in [0.1, 0.15) is 35.1 Å². The Balaban J connectivity index is 1.49. The molecule has 4 nitrogen and oxygen atoms in total. The highest BCUT2D eigenvalue weighted by molar-refractivity contribution is 6.02. The maximum atomic E-state index is 12.4. The fraction of sp³-hybridized carbons (Fsp3) is 0.150. The summed E-state index contributed by atoms with van der Waals surface area (Å²) in [6.45, 7) is 0. The molecule has 1 saturated carbocycles. The van der Waals surface area contributed by atoms with Gasteiger partial charge in [-0.2, -0.15) is 0 Å². The summed E-state index contributed by atoms with van der Waals surface area (Å²) in [5.41, 5.74) is 3.44. The molecule has 0 spiro atoms. The molecule has 4 heteroatoms. The fourth-order valence-electron chi connectivity index (χ4n) is 2.61. The number of carbonyl (C=O) groups is 1. The highest BCUT2D eigenvalue weighted by Gasteiger charge is 2.27. The number of hydrogen-bond donors (Lipinski definition) is 1. The summed E-state index contributed by atoms with van der Waals surface area (Å²) in [6.07, 6.45) is 3.89. The summed E-state index contributed by atoms with van der Waals surface area (Å²) in [5, 5.41) is 2.89. The van der Waals surface area contributed by atoms with Crippen molar-refractivity contribution in [2.45, 2.75) is 18.8 Å². The lowest BCUT2D eigenvalue weighted by Crippen LogP contribution is -2.14. The molecule has 1 heterocycles. The quantitative estimate of drug-likeness (QED) is 0.782. The van der Waals surface area contributed by atoms with Gasteiger partial charge >= 0.3 is 0 Å². The molecule has 1 amide bonds. The van der Waals surface area contributed by atoms with E-state index in [9.17, 15) is 4.79 Å². The third-order valence-electron chi connectivity index (χ3n) is 4.10. The smallest absolute Gasteiger partial charge is 0.274 e. The van der Waals surface area contributed by atoms with Crippen LogP contribution >= 0.6 is 0 Å². The Labute approximate surface area is 140 Å². The Morgan fingerprint density at radius 3 is 2.33 bits per heavy atom. The van der Waals surface area contributed by atoms with Crippen molar-refractivity contribution in [1.82, 2.24) is 9.97 Å². The molecule has 1 N–H and O–H groups in total. The monoisotopic (exact) mass is 315 g/mol. The van der Waals surface area contributed by atoms with Crippen LogP contribution in [0.25, 0.3) is 11.1 Å². The van der Waals surface area contributed by atoms with Crippen molar-refractivity contribution in [2.24, 2.45) is 0 Å². The number of benzene rings is 2. The van der Waals surface area contributed by atoms with E-state index in [4.69, 9.17) is 0 Å². The number of hydrogen-bond acceptors (Lipinski definition) is 3. The first-order valence-corrected chi connectivity index (χ1v) is 8.09. The van der Waals surface area contributed by atoms with Gasteiger partial charge in [0.1, 0.15) is 11.5 Å². The first-order chi connectivity index (χ1) is 11.8. The zero-order valence-corrected chi connectivity index (χ0v) is 13.1. The van der Waals surface area contributed by atoms with Crippen LogP contribution < -0.4 is 5.32 Å². The van der Waals surface area contributed by atoms with E-state index in [2.05, 4.69) is 27.4 Å². The standard InChI is InChI=1S/C20H17N3O/c24-20(18-12-13-21-19(23-18)16-6-7-16)22-17-10-8-15(9-11-17)14-4-2-1-3-5-14/h1-5,8-13,16H,6-7H2,(H,22,24). The van der Waals surface area contributed by atoms with Gasteiger partial charge < -0.3 is 5.32 Å². The van der Waals surface area contributed by atoms with Gasteiger partial charge in [-0.15, -0.1) is 0 Å². The van der Waals surface area contributed by atoms with E-state index in [0.29, 0.717) is 11.6 Å². The predicted octanol–water partition coefficient (Wildman–Crippen LogP) is 4.27. The number of amides is 1. The molecular weight excluding hydrogens is 298 g/mol. The van der Waals surface area contributed by atoms with Crippen LogP contribution in [-0.4, -0.2) is 15.9 Å². The summed E-state index contributed by atoms with van der Waals surface area (Å²) >= 11 is 0. The van der Waals surface area contributed by atoms with Gasteiger partial charge in [-0.05, 0) is 42.2 Å². The van der Waals surface area contributed by atoms with Gasteiger partial charge in [0.2, 0.25) is 0 Å². The highest BCUT2D eigenvalue weighted by Crippen LogP contribution is 2.37. The lowest BCUT2D eigenvalue weighted by Gasteiger charge is -2.07. The van der Waals surface area contributed by atoms with Crippen LogP contribution in [0, 0.1) is 0 Å². The summed E-state index contributed by atoms with van der Waals surface area (Å²) in [7, 11) is 0. The first-order valence-electron chi connectivity index (χ1n) is 8.09. The van der Waals surface area contributed by atoms with Crippen LogP contribution in [0.15, 0.2) is 66.9 Å². The van der Waals surface area contributed by atoms with Gasteiger partial charge in [0, 0.05) is 17.8 Å². The second-order valence-corrected chi connectivity index (χ2v) is 5.97. The van der Waals surface area contributed by atoms with E-state index in [1.165, 1.54) is 0 Å². The molecule has 0 atom stereocenters. The second kappa shape index (κ2) is 6.24. The summed E-state index contributed by atoms with van der Waals surface area (Å²) in [5.74, 6) is 1.01. The first kappa shape index (κ1) is 14.6. The van der Waals surface area contributed by atoms with Crippen molar-refractivity contribution in [2.75, 3.05) is 5.32 Å². The number of nitrogens with one attached hydrogen (secondary N) is 1. The van der Waals surface area contributed by atoms with E-state index in [1.54, 1.807) is 12.3 Å². The molecule has 2 aromatic carbocycles. The Bertz CT molecular complexity index is 856. The molecule has 4 rings (SSSR count). The SMILES string of the molecule is O=C(Nc1ccc(-c2ccccc2)cc1)c1ccnc(C2CC2)n1. The molecule has 1 aliphatic carbocycles. The van der Waals surface area contributed by atoms with Crippen molar-refractivity contribution in [1.29, 1.82) is 0 Å². The third kappa shape index (κ3) is 3.18. The van der Waals surface area contributed by atoms with Crippen molar-refractivity contribution >= 4 is 11.6 Å². The van der Waals surface area contributed by atoms with Crippen LogP contribution in [0.5, 0.6) is 0 Å². The van der Waals surface area contributed by atoms with E-state index in [1.807, 2.05) is 42.5 Å². The average Bonchev–Trinajstić information content (AvgIpc) is 3.48. The molecular formula is C20H17N3O. The van der Waals surface area contributed by atoms with Gasteiger partial charge in [0.15, 0.2) is 0 Å². The molecule has 1 aromatic heterocycles. The third-order valence-corrected chi connectivity index (χ3v) is 4.10.